The van der Waals surface area contributed by atoms with E-state index in [9.17, 15) is 19.7 Å². The number of likely N-dealkylation sites (tertiary alicyclic amines) is 1. The zero-order valence-corrected chi connectivity index (χ0v) is 11.2. The number of carboxylic acids is 1. The van der Waals surface area contributed by atoms with Gasteiger partial charge in [-0.2, -0.15) is 0 Å². The van der Waals surface area contributed by atoms with E-state index in [1.54, 1.807) is 18.2 Å². The molecule has 0 saturated carbocycles. The molecule has 2 amide bonds. The Morgan fingerprint density at radius 3 is 2.81 bits per heavy atom. The molecule has 21 heavy (non-hydrogen) atoms. The van der Waals surface area contributed by atoms with Gasteiger partial charge in [-0.05, 0) is 12.8 Å². The molecule has 1 aromatic rings. The first-order valence-corrected chi connectivity index (χ1v) is 6.50. The molecule has 2 N–H and O–H groups in total. The average Bonchev–Trinajstić information content (AvgIpc) is 2.94. The van der Waals surface area contributed by atoms with Crippen LogP contribution in [-0.2, 0) is 11.3 Å². The van der Waals surface area contributed by atoms with Gasteiger partial charge in [-0.25, -0.2) is 9.59 Å². The van der Waals surface area contributed by atoms with Gasteiger partial charge in [0.15, 0.2) is 0 Å². The summed E-state index contributed by atoms with van der Waals surface area (Å²) in [6, 6.07) is 4.76. The van der Waals surface area contributed by atoms with Crippen molar-refractivity contribution in [2.45, 2.75) is 25.4 Å². The van der Waals surface area contributed by atoms with Gasteiger partial charge in [-0.1, -0.05) is 18.2 Å². The number of nitrogens with one attached hydrogen (secondary N) is 1. The van der Waals surface area contributed by atoms with Crippen molar-refractivity contribution in [2.75, 3.05) is 6.54 Å². The first-order valence-electron chi connectivity index (χ1n) is 6.50. The maximum Gasteiger partial charge on any atom is 0.326 e. The van der Waals surface area contributed by atoms with Crippen molar-refractivity contribution < 1.29 is 19.6 Å². The molecule has 1 aliphatic heterocycles. The Labute approximate surface area is 120 Å². The Hall–Kier alpha value is -2.64. The van der Waals surface area contributed by atoms with Gasteiger partial charge in [-0.15, -0.1) is 0 Å². The second-order valence-corrected chi connectivity index (χ2v) is 4.73. The highest BCUT2D eigenvalue weighted by atomic mass is 16.6. The van der Waals surface area contributed by atoms with Crippen molar-refractivity contribution in [3.8, 4) is 0 Å². The molecule has 1 aliphatic rings. The molecule has 8 nitrogen and oxygen atoms in total. The highest BCUT2D eigenvalue weighted by molar-refractivity contribution is 5.83. The Morgan fingerprint density at radius 1 is 1.43 bits per heavy atom. The summed E-state index contributed by atoms with van der Waals surface area (Å²) in [7, 11) is 0. The molecular weight excluding hydrogens is 278 g/mol. The Kier molecular flexibility index (Phi) is 4.36. The van der Waals surface area contributed by atoms with Crippen LogP contribution in [0.1, 0.15) is 18.4 Å². The topological polar surface area (TPSA) is 113 Å². The SMILES string of the molecule is O=C(O)[C@H]1CCCN1C(=O)NCc1ccccc1[N+](=O)[O-]. The third kappa shape index (κ3) is 3.28. The van der Waals surface area contributed by atoms with Crippen molar-refractivity contribution in [1.29, 1.82) is 0 Å². The lowest BCUT2D eigenvalue weighted by Gasteiger charge is -2.21. The molecule has 1 saturated heterocycles. The second kappa shape index (κ2) is 6.21. The van der Waals surface area contributed by atoms with Crippen molar-refractivity contribution in [3.63, 3.8) is 0 Å². The van der Waals surface area contributed by atoms with Crippen molar-refractivity contribution in [3.05, 3.63) is 39.9 Å². The van der Waals surface area contributed by atoms with E-state index in [2.05, 4.69) is 5.32 Å². The number of para-hydroxylation sites is 1. The summed E-state index contributed by atoms with van der Waals surface area (Å²) in [5.41, 5.74) is 0.302. The van der Waals surface area contributed by atoms with Crippen LogP contribution in [0.4, 0.5) is 10.5 Å². The third-order valence-electron chi connectivity index (χ3n) is 3.42. The van der Waals surface area contributed by atoms with Crippen LogP contribution in [0.5, 0.6) is 0 Å². The van der Waals surface area contributed by atoms with Gasteiger partial charge in [-0.3, -0.25) is 10.1 Å². The van der Waals surface area contributed by atoms with E-state index >= 15 is 0 Å². The molecule has 8 heteroatoms. The fourth-order valence-corrected chi connectivity index (χ4v) is 2.38. The molecular formula is C13H15N3O5. The first kappa shape index (κ1) is 14.8. The lowest BCUT2D eigenvalue weighted by atomic mass is 10.2. The highest BCUT2D eigenvalue weighted by Gasteiger charge is 2.33. The number of benzene rings is 1. The number of hydrogen-bond donors (Lipinski definition) is 2. The van der Waals surface area contributed by atoms with Gasteiger partial charge < -0.3 is 15.3 Å². The summed E-state index contributed by atoms with van der Waals surface area (Å²) in [4.78, 5) is 34.6. The summed E-state index contributed by atoms with van der Waals surface area (Å²) in [6.07, 6.45) is 1.06. The van der Waals surface area contributed by atoms with Crippen LogP contribution < -0.4 is 5.32 Å². The lowest BCUT2D eigenvalue weighted by Crippen LogP contribution is -2.45. The van der Waals surface area contributed by atoms with E-state index < -0.39 is 23.0 Å². The molecule has 0 radical (unpaired) electrons. The largest absolute Gasteiger partial charge is 0.480 e. The number of nitrogens with zero attached hydrogens (tertiary/aromatic N) is 2. The first-order chi connectivity index (χ1) is 10.0. The smallest absolute Gasteiger partial charge is 0.326 e. The Bertz CT molecular complexity index is 575. The molecule has 0 bridgehead atoms. The molecule has 0 aliphatic carbocycles. The number of rotatable bonds is 4. The minimum Gasteiger partial charge on any atom is -0.480 e. The van der Waals surface area contributed by atoms with Crippen molar-refractivity contribution in [1.82, 2.24) is 10.2 Å². The maximum atomic E-state index is 12.0. The number of hydrogen-bond acceptors (Lipinski definition) is 4. The molecule has 1 fully saturated rings. The zero-order chi connectivity index (χ0) is 15.4. The number of nitro groups is 1. The Balaban J connectivity index is 2.02. The van der Waals surface area contributed by atoms with Gasteiger partial charge in [0.2, 0.25) is 0 Å². The van der Waals surface area contributed by atoms with E-state index in [0.29, 0.717) is 24.9 Å². The number of nitro benzene ring substituents is 1. The lowest BCUT2D eigenvalue weighted by molar-refractivity contribution is -0.385. The standard InChI is InChI=1S/C13H15N3O5/c17-12(18)11-6-3-7-15(11)13(19)14-8-9-4-1-2-5-10(9)16(20)21/h1-2,4-5,11H,3,6-8H2,(H,14,19)(H,17,18)/t11-/m1/s1. The van der Waals surface area contributed by atoms with Crippen LogP contribution in [0.2, 0.25) is 0 Å². The predicted octanol–water partition coefficient (Wildman–Crippen LogP) is 1.35. The van der Waals surface area contributed by atoms with Crippen LogP contribution in [0.15, 0.2) is 24.3 Å². The summed E-state index contributed by atoms with van der Waals surface area (Å²) in [5.74, 6) is -1.03. The van der Waals surface area contributed by atoms with Gasteiger partial charge in [0.25, 0.3) is 5.69 Å². The Morgan fingerprint density at radius 2 is 2.14 bits per heavy atom. The molecule has 2 rings (SSSR count). The normalized spacial score (nSPS) is 17.5. The molecule has 1 aromatic carbocycles. The number of amides is 2. The number of carboxylic acid groups (broad SMARTS) is 1. The fraction of sp³-hybridized carbons (Fsp3) is 0.385. The van der Waals surface area contributed by atoms with Crippen LogP contribution in [0.3, 0.4) is 0 Å². The molecule has 1 heterocycles. The van der Waals surface area contributed by atoms with E-state index in [4.69, 9.17) is 5.11 Å². The summed E-state index contributed by atoms with van der Waals surface area (Å²) in [5, 5.41) is 22.4. The van der Waals surface area contributed by atoms with Crippen LogP contribution >= 0.6 is 0 Å². The zero-order valence-electron chi connectivity index (χ0n) is 11.2. The molecule has 0 aromatic heterocycles. The second-order valence-electron chi connectivity index (χ2n) is 4.73. The molecule has 0 spiro atoms. The summed E-state index contributed by atoms with van der Waals surface area (Å²) < 4.78 is 0. The summed E-state index contributed by atoms with van der Waals surface area (Å²) >= 11 is 0. The highest BCUT2D eigenvalue weighted by Crippen LogP contribution is 2.19. The van der Waals surface area contributed by atoms with E-state index in [0.717, 1.165) is 0 Å². The quantitative estimate of drug-likeness (QED) is 0.642. The monoisotopic (exact) mass is 293 g/mol. The van der Waals surface area contributed by atoms with Gasteiger partial charge in [0.1, 0.15) is 6.04 Å². The van der Waals surface area contributed by atoms with Crippen molar-refractivity contribution in [2.24, 2.45) is 0 Å². The van der Waals surface area contributed by atoms with E-state index in [-0.39, 0.29) is 12.2 Å². The van der Waals surface area contributed by atoms with Gasteiger partial charge in [0, 0.05) is 18.2 Å². The number of carbonyl (C=O) groups excluding carboxylic acids is 1. The number of urea groups is 1. The van der Waals surface area contributed by atoms with Crippen LogP contribution in [0, 0.1) is 10.1 Å². The summed E-state index contributed by atoms with van der Waals surface area (Å²) in [6.45, 7) is 0.360. The minimum absolute atomic E-state index is 0.0151. The predicted molar refractivity (Wildman–Crippen MR) is 72.7 cm³/mol. The number of aliphatic carboxylic acids is 1. The fourth-order valence-electron chi connectivity index (χ4n) is 2.38. The average molecular weight is 293 g/mol. The third-order valence-corrected chi connectivity index (χ3v) is 3.42. The molecule has 1 atom stereocenters. The molecule has 0 unspecified atom stereocenters. The molecule has 112 valence electrons. The number of carbonyl (C=O) groups is 2. The van der Waals surface area contributed by atoms with Crippen LogP contribution in [-0.4, -0.2) is 39.5 Å². The maximum absolute atomic E-state index is 12.0. The van der Waals surface area contributed by atoms with Gasteiger partial charge in [0.05, 0.1) is 11.5 Å². The van der Waals surface area contributed by atoms with E-state index in [1.807, 2.05) is 0 Å². The van der Waals surface area contributed by atoms with Crippen molar-refractivity contribution >= 4 is 17.7 Å². The van der Waals surface area contributed by atoms with Crippen LogP contribution in [0.25, 0.3) is 0 Å². The van der Waals surface area contributed by atoms with Gasteiger partial charge >= 0.3 is 12.0 Å². The minimum atomic E-state index is -1.03. The van der Waals surface area contributed by atoms with E-state index in [1.165, 1.54) is 11.0 Å².